The van der Waals surface area contributed by atoms with E-state index in [1.165, 1.54) is 19.3 Å². The van der Waals surface area contributed by atoms with Gasteiger partial charge in [-0.15, -0.1) is 10.2 Å². The van der Waals surface area contributed by atoms with Gasteiger partial charge in [0.05, 0.1) is 5.54 Å². The van der Waals surface area contributed by atoms with E-state index in [2.05, 4.69) is 49.6 Å². The number of aryl methyl sites for hydroxylation is 2. The van der Waals surface area contributed by atoms with Crippen LogP contribution in [0.15, 0.2) is 4.99 Å². The first-order chi connectivity index (χ1) is 15.2. The van der Waals surface area contributed by atoms with Crippen molar-refractivity contribution < 1.29 is 9.53 Å². The molecule has 0 bridgehead atoms. The lowest BCUT2D eigenvalue weighted by atomic mass is 9.93. The van der Waals surface area contributed by atoms with Crippen LogP contribution >= 0.6 is 0 Å². The predicted molar refractivity (Wildman–Crippen MR) is 128 cm³/mol. The quantitative estimate of drug-likeness (QED) is 0.304. The van der Waals surface area contributed by atoms with Crippen LogP contribution in [0.1, 0.15) is 84.8 Å². The summed E-state index contributed by atoms with van der Waals surface area (Å²) in [6, 6.07) is 0. The fourth-order valence-electron chi connectivity index (χ4n) is 3.90. The zero-order valence-corrected chi connectivity index (χ0v) is 20.9. The van der Waals surface area contributed by atoms with Crippen LogP contribution in [-0.4, -0.2) is 58.1 Å². The highest BCUT2D eigenvalue weighted by Gasteiger charge is 2.30. The summed E-state index contributed by atoms with van der Waals surface area (Å²) in [4.78, 5) is 16.7. The van der Waals surface area contributed by atoms with Gasteiger partial charge in [0.25, 0.3) is 0 Å². The van der Waals surface area contributed by atoms with Gasteiger partial charge in [0.1, 0.15) is 17.2 Å². The number of hydrogen-bond donors (Lipinski definition) is 3. The molecule has 3 N–H and O–H groups in total. The first-order valence-electron chi connectivity index (χ1n) is 12.1. The lowest BCUT2D eigenvalue weighted by molar-refractivity contribution is 0.0448. The third-order valence-electron chi connectivity index (χ3n) is 5.99. The Labute approximate surface area is 193 Å². The highest BCUT2D eigenvalue weighted by molar-refractivity contribution is 5.79. The number of nitrogens with zero attached hydrogens (tertiary/aromatic N) is 4. The minimum absolute atomic E-state index is 0.390. The van der Waals surface area contributed by atoms with E-state index in [4.69, 9.17) is 4.74 Å². The van der Waals surface area contributed by atoms with Gasteiger partial charge in [-0.05, 0) is 52.9 Å². The number of hydrogen-bond acceptors (Lipinski definition) is 5. The van der Waals surface area contributed by atoms with Gasteiger partial charge in [-0.3, -0.25) is 4.99 Å². The number of rotatable bonds is 9. The van der Waals surface area contributed by atoms with Crippen LogP contribution in [0.5, 0.6) is 0 Å². The molecule has 0 unspecified atom stereocenters. The lowest BCUT2D eigenvalue weighted by Gasteiger charge is -2.34. The van der Waals surface area contributed by atoms with Crippen molar-refractivity contribution in [1.29, 1.82) is 0 Å². The van der Waals surface area contributed by atoms with Crippen molar-refractivity contribution in [2.24, 2.45) is 4.99 Å². The molecule has 9 heteroatoms. The summed E-state index contributed by atoms with van der Waals surface area (Å²) in [7, 11) is 1.76. The predicted octanol–water partition coefficient (Wildman–Crippen LogP) is 3.19. The van der Waals surface area contributed by atoms with Crippen molar-refractivity contribution in [1.82, 2.24) is 30.7 Å². The first-order valence-corrected chi connectivity index (χ1v) is 12.1. The van der Waals surface area contributed by atoms with Gasteiger partial charge in [0, 0.05) is 39.5 Å². The number of carbonyl (C=O) groups excluding carboxylic acids is 1. The van der Waals surface area contributed by atoms with Crippen molar-refractivity contribution in [2.75, 3.05) is 20.1 Å². The number of fused-ring (bicyclic) bond motifs is 1. The van der Waals surface area contributed by atoms with Crippen molar-refractivity contribution in [2.45, 2.75) is 104 Å². The molecule has 0 saturated carbocycles. The molecule has 2 rings (SSSR count). The maximum absolute atomic E-state index is 12.3. The maximum Gasteiger partial charge on any atom is 0.408 e. The van der Waals surface area contributed by atoms with Gasteiger partial charge in [-0.1, -0.05) is 20.3 Å². The minimum atomic E-state index is -0.523. The molecule has 1 aromatic heterocycles. The smallest absolute Gasteiger partial charge is 0.408 e. The Kier molecular flexibility index (Phi) is 9.78. The number of alkyl carbamates (subject to hydrolysis) is 1. The van der Waals surface area contributed by atoms with Gasteiger partial charge in [-0.2, -0.15) is 0 Å². The van der Waals surface area contributed by atoms with E-state index in [-0.39, 0.29) is 0 Å². The summed E-state index contributed by atoms with van der Waals surface area (Å²) in [6.45, 7) is 12.1. The zero-order chi connectivity index (χ0) is 23.6. The van der Waals surface area contributed by atoms with Gasteiger partial charge in [0.15, 0.2) is 5.96 Å². The molecule has 9 nitrogen and oxygen atoms in total. The fourth-order valence-corrected chi connectivity index (χ4v) is 3.90. The van der Waals surface area contributed by atoms with E-state index in [0.29, 0.717) is 6.54 Å². The summed E-state index contributed by atoms with van der Waals surface area (Å²) < 4.78 is 7.76. The van der Waals surface area contributed by atoms with Crippen LogP contribution in [-0.2, 0) is 24.1 Å². The molecule has 2 heterocycles. The molecule has 182 valence electrons. The first kappa shape index (κ1) is 25.9. The van der Waals surface area contributed by atoms with Crippen LogP contribution in [0.25, 0.3) is 0 Å². The van der Waals surface area contributed by atoms with Crippen LogP contribution in [0, 0.1) is 0 Å². The maximum atomic E-state index is 12.3. The van der Waals surface area contributed by atoms with Crippen molar-refractivity contribution in [3.05, 3.63) is 11.6 Å². The van der Waals surface area contributed by atoms with E-state index >= 15 is 0 Å². The summed E-state index contributed by atoms with van der Waals surface area (Å²) >= 11 is 0. The molecule has 0 aliphatic carbocycles. The third kappa shape index (κ3) is 7.98. The van der Waals surface area contributed by atoms with E-state index in [0.717, 1.165) is 62.8 Å². The Morgan fingerprint density at radius 3 is 2.53 bits per heavy atom. The molecule has 1 aromatic rings. The van der Waals surface area contributed by atoms with Crippen LogP contribution < -0.4 is 16.0 Å². The Bertz CT molecular complexity index is 748. The summed E-state index contributed by atoms with van der Waals surface area (Å²) in [5.74, 6) is 2.95. The zero-order valence-electron chi connectivity index (χ0n) is 20.9. The molecule has 0 fully saturated rings. The SMILES string of the molecule is CCC(CC)(CNC(=NC)NCCCc1nnc2n1CCCCC2)NC(=O)OC(C)(C)C. The number of aromatic nitrogens is 3. The Hall–Kier alpha value is -2.32. The van der Waals surface area contributed by atoms with E-state index < -0.39 is 17.2 Å². The Balaban J connectivity index is 1.81. The molecule has 0 atom stereocenters. The minimum Gasteiger partial charge on any atom is -0.444 e. The molecule has 1 aliphatic rings. The Morgan fingerprint density at radius 2 is 1.88 bits per heavy atom. The largest absolute Gasteiger partial charge is 0.444 e. The average molecular weight is 450 g/mol. The standard InChI is InChI=1S/C23H43N7O2/c1-7-23(8-2,27-21(31)32-22(3,4)5)17-26-20(24-6)25-15-12-14-19-29-28-18-13-10-9-11-16-30(18)19/h7-17H2,1-6H3,(H,27,31)(H2,24,25,26). The molecule has 32 heavy (non-hydrogen) atoms. The second-order valence-corrected chi connectivity index (χ2v) is 9.57. The number of aliphatic imine (C=N–C) groups is 1. The second-order valence-electron chi connectivity index (χ2n) is 9.57. The van der Waals surface area contributed by atoms with Gasteiger partial charge in [-0.25, -0.2) is 4.79 Å². The Morgan fingerprint density at radius 1 is 1.12 bits per heavy atom. The van der Waals surface area contributed by atoms with Crippen molar-refractivity contribution >= 4 is 12.1 Å². The number of ether oxygens (including phenoxy) is 1. The number of nitrogens with one attached hydrogen (secondary N) is 3. The lowest BCUT2D eigenvalue weighted by Crippen LogP contribution is -2.57. The molecular formula is C23H43N7O2. The van der Waals surface area contributed by atoms with E-state index in [1.54, 1.807) is 7.05 Å². The van der Waals surface area contributed by atoms with E-state index in [1.807, 2.05) is 20.8 Å². The fraction of sp³-hybridized carbons (Fsp3) is 0.826. The second kappa shape index (κ2) is 12.1. The number of amides is 1. The molecule has 0 aromatic carbocycles. The molecular weight excluding hydrogens is 406 g/mol. The normalized spacial score (nSPS) is 15.0. The van der Waals surface area contributed by atoms with Gasteiger partial charge < -0.3 is 25.3 Å². The van der Waals surface area contributed by atoms with Crippen molar-refractivity contribution in [3.8, 4) is 0 Å². The summed E-state index contributed by atoms with van der Waals surface area (Å²) in [5, 5.41) is 18.6. The summed E-state index contributed by atoms with van der Waals surface area (Å²) in [6.07, 6.45) is 7.74. The van der Waals surface area contributed by atoms with Crippen LogP contribution in [0.3, 0.4) is 0 Å². The highest BCUT2D eigenvalue weighted by Crippen LogP contribution is 2.17. The third-order valence-corrected chi connectivity index (χ3v) is 5.99. The topological polar surface area (TPSA) is 105 Å². The van der Waals surface area contributed by atoms with Crippen LogP contribution in [0.2, 0.25) is 0 Å². The summed E-state index contributed by atoms with van der Waals surface area (Å²) in [5.41, 5.74) is -0.926. The average Bonchev–Trinajstić information content (AvgIpc) is 2.96. The number of guanidine groups is 1. The monoisotopic (exact) mass is 449 g/mol. The van der Waals surface area contributed by atoms with E-state index in [9.17, 15) is 4.79 Å². The molecule has 0 saturated heterocycles. The molecule has 0 radical (unpaired) electrons. The molecule has 1 aliphatic heterocycles. The highest BCUT2D eigenvalue weighted by atomic mass is 16.6. The number of carbonyl (C=O) groups is 1. The van der Waals surface area contributed by atoms with Gasteiger partial charge in [0.2, 0.25) is 0 Å². The molecule has 1 amide bonds. The van der Waals surface area contributed by atoms with Gasteiger partial charge >= 0.3 is 6.09 Å². The van der Waals surface area contributed by atoms with Crippen LogP contribution in [0.4, 0.5) is 4.79 Å². The van der Waals surface area contributed by atoms with Crippen molar-refractivity contribution in [3.63, 3.8) is 0 Å². The molecule has 0 spiro atoms.